The Bertz CT molecular complexity index is 475. The molecule has 0 bridgehead atoms. The zero-order valence-electron chi connectivity index (χ0n) is 13.6. The molecule has 0 aliphatic carbocycles. The molecule has 21 heavy (non-hydrogen) atoms. The molecule has 0 fully saturated rings. The molecule has 1 aromatic carbocycles. The Morgan fingerprint density at radius 2 is 1.81 bits per heavy atom. The largest absolute Gasteiger partial charge is 0.355 e. The zero-order chi connectivity index (χ0) is 15.9. The molecule has 0 spiro atoms. The minimum atomic E-state index is -1.15. The molecule has 0 aliphatic heterocycles. The lowest BCUT2D eigenvalue weighted by Gasteiger charge is -2.19. The summed E-state index contributed by atoms with van der Waals surface area (Å²) in [6.07, 6.45) is 2.01. The summed E-state index contributed by atoms with van der Waals surface area (Å²) in [6, 6.07) is 8.17. The predicted molar refractivity (Wildman–Crippen MR) is 89.8 cm³/mol. The van der Waals surface area contributed by atoms with Crippen LogP contribution in [0, 0.1) is 0 Å². The fourth-order valence-corrected chi connectivity index (χ4v) is 3.00. The van der Waals surface area contributed by atoms with Crippen LogP contribution < -0.4 is 5.32 Å². The Hall–Kier alpha value is -1.16. The van der Waals surface area contributed by atoms with Gasteiger partial charge in [0.1, 0.15) is 5.75 Å². The first-order chi connectivity index (χ1) is 9.82. The quantitative estimate of drug-likeness (QED) is 0.787. The standard InChI is InChI=1S/C17H27NO2S/c1-5-6-11-18-16(19)13-21(20)12-14-7-9-15(10-8-14)17(2,3)4/h7-10H,5-6,11-13H2,1-4H3,(H,18,19)/t21-/m0/s1. The van der Waals surface area contributed by atoms with Crippen molar-refractivity contribution >= 4 is 16.7 Å². The lowest BCUT2D eigenvalue weighted by molar-refractivity contribution is -0.118. The maximum absolute atomic E-state index is 12.0. The summed E-state index contributed by atoms with van der Waals surface area (Å²) in [4.78, 5) is 11.6. The summed E-state index contributed by atoms with van der Waals surface area (Å²) in [6.45, 7) is 9.25. The van der Waals surface area contributed by atoms with E-state index in [-0.39, 0.29) is 17.1 Å². The highest BCUT2D eigenvalue weighted by Gasteiger charge is 2.13. The van der Waals surface area contributed by atoms with Gasteiger partial charge in [-0.2, -0.15) is 0 Å². The second kappa shape index (κ2) is 8.32. The predicted octanol–water partition coefficient (Wildman–Crippen LogP) is 3.15. The molecule has 0 aromatic heterocycles. The Morgan fingerprint density at radius 3 is 2.33 bits per heavy atom. The van der Waals surface area contributed by atoms with Crippen molar-refractivity contribution in [2.24, 2.45) is 0 Å². The van der Waals surface area contributed by atoms with Crippen LogP contribution in [0.15, 0.2) is 24.3 Å². The zero-order valence-corrected chi connectivity index (χ0v) is 14.4. The first-order valence-corrected chi connectivity index (χ1v) is 9.03. The maximum Gasteiger partial charge on any atom is 0.232 e. The highest BCUT2D eigenvalue weighted by molar-refractivity contribution is 7.84. The van der Waals surface area contributed by atoms with Crippen molar-refractivity contribution in [3.63, 3.8) is 0 Å². The molecule has 0 aliphatic rings. The highest BCUT2D eigenvalue weighted by atomic mass is 32.2. The topological polar surface area (TPSA) is 46.2 Å². The third-order valence-corrected chi connectivity index (χ3v) is 4.53. The molecular formula is C17H27NO2S. The van der Waals surface area contributed by atoms with E-state index in [1.165, 1.54) is 5.56 Å². The number of carbonyl (C=O) groups is 1. The minimum Gasteiger partial charge on any atom is -0.355 e. The van der Waals surface area contributed by atoms with Crippen molar-refractivity contribution in [1.82, 2.24) is 5.32 Å². The van der Waals surface area contributed by atoms with Crippen molar-refractivity contribution in [3.8, 4) is 0 Å². The molecule has 0 unspecified atom stereocenters. The summed E-state index contributed by atoms with van der Waals surface area (Å²) < 4.78 is 12.0. The summed E-state index contributed by atoms with van der Waals surface area (Å²) in [5, 5.41) is 2.80. The molecule has 0 radical (unpaired) electrons. The number of hydrogen-bond donors (Lipinski definition) is 1. The average Bonchev–Trinajstić information content (AvgIpc) is 2.38. The van der Waals surface area contributed by atoms with Gasteiger partial charge in [0.25, 0.3) is 0 Å². The van der Waals surface area contributed by atoms with Gasteiger partial charge < -0.3 is 5.32 Å². The van der Waals surface area contributed by atoms with E-state index in [1.54, 1.807) is 0 Å². The molecule has 0 saturated carbocycles. The Kier molecular flexibility index (Phi) is 7.09. The fourth-order valence-electron chi connectivity index (χ4n) is 1.94. The molecular weight excluding hydrogens is 282 g/mol. The van der Waals surface area contributed by atoms with Crippen LogP contribution in [0.1, 0.15) is 51.7 Å². The van der Waals surface area contributed by atoms with Crippen LogP contribution in [0.2, 0.25) is 0 Å². The maximum atomic E-state index is 12.0. The van der Waals surface area contributed by atoms with Crippen molar-refractivity contribution < 1.29 is 9.00 Å². The SMILES string of the molecule is CCCCNC(=O)C[S@@](=O)Cc1ccc(C(C)(C)C)cc1. The molecule has 1 atom stereocenters. The second-order valence-electron chi connectivity index (χ2n) is 6.38. The Balaban J connectivity index is 2.46. The van der Waals surface area contributed by atoms with Crippen LogP contribution in [0.3, 0.4) is 0 Å². The van der Waals surface area contributed by atoms with Crippen LogP contribution in [-0.2, 0) is 26.8 Å². The lowest BCUT2D eigenvalue weighted by atomic mass is 9.87. The van der Waals surface area contributed by atoms with Crippen LogP contribution in [0.5, 0.6) is 0 Å². The second-order valence-corrected chi connectivity index (χ2v) is 7.84. The number of rotatable bonds is 7. The van der Waals surface area contributed by atoms with Crippen LogP contribution in [-0.4, -0.2) is 22.4 Å². The Labute approximate surface area is 131 Å². The van der Waals surface area contributed by atoms with Crippen LogP contribution in [0.25, 0.3) is 0 Å². The molecule has 1 N–H and O–H groups in total. The van der Waals surface area contributed by atoms with Gasteiger partial charge in [-0.25, -0.2) is 0 Å². The van der Waals surface area contributed by atoms with Gasteiger partial charge in [-0.1, -0.05) is 58.4 Å². The number of benzene rings is 1. The van der Waals surface area contributed by atoms with Gasteiger partial charge in [0.05, 0.1) is 0 Å². The van der Waals surface area contributed by atoms with Crippen LogP contribution >= 0.6 is 0 Å². The monoisotopic (exact) mass is 309 g/mol. The molecule has 0 saturated heterocycles. The van der Waals surface area contributed by atoms with Gasteiger partial charge in [0, 0.05) is 23.1 Å². The normalized spacial score (nSPS) is 13.0. The number of hydrogen-bond acceptors (Lipinski definition) is 2. The van der Waals surface area contributed by atoms with E-state index in [9.17, 15) is 9.00 Å². The van der Waals surface area contributed by atoms with Crippen molar-refractivity contribution in [3.05, 3.63) is 35.4 Å². The van der Waals surface area contributed by atoms with E-state index in [0.717, 1.165) is 18.4 Å². The molecule has 118 valence electrons. The summed E-state index contributed by atoms with van der Waals surface area (Å²) in [5.74, 6) is 0.407. The van der Waals surface area contributed by atoms with Gasteiger partial charge in [-0.15, -0.1) is 0 Å². The number of nitrogens with one attached hydrogen (secondary N) is 1. The van der Waals surface area contributed by atoms with Gasteiger partial charge in [0.15, 0.2) is 0 Å². The lowest BCUT2D eigenvalue weighted by Crippen LogP contribution is -2.29. The fraction of sp³-hybridized carbons (Fsp3) is 0.588. The molecule has 3 nitrogen and oxygen atoms in total. The third-order valence-electron chi connectivity index (χ3n) is 3.29. The number of unbranched alkanes of at least 4 members (excludes halogenated alkanes) is 1. The average molecular weight is 309 g/mol. The first-order valence-electron chi connectivity index (χ1n) is 7.54. The first kappa shape index (κ1) is 17.9. The number of carbonyl (C=O) groups excluding carboxylic acids is 1. The molecule has 4 heteroatoms. The van der Waals surface area contributed by atoms with Crippen molar-refractivity contribution in [2.45, 2.75) is 51.7 Å². The van der Waals surface area contributed by atoms with Crippen molar-refractivity contribution in [1.29, 1.82) is 0 Å². The smallest absolute Gasteiger partial charge is 0.232 e. The van der Waals surface area contributed by atoms with E-state index in [1.807, 2.05) is 12.1 Å². The van der Waals surface area contributed by atoms with Crippen LogP contribution in [0.4, 0.5) is 0 Å². The van der Waals surface area contributed by atoms with Gasteiger partial charge in [-0.3, -0.25) is 9.00 Å². The Morgan fingerprint density at radius 1 is 1.19 bits per heavy atom. The summed E-state index contributed by atoms with van der Waals surface area (Å²) in [5.41, 5.74) is 2.40. The van der Waals surface area contributed by atoms with Gasteiger partial charge in [0.2, 0.25) is 5.91 Å². The highest BCUT2D eigenvalue weighted by Crippen LogP contribution is 2.22. The third kappa shape index (κ3) is 6.89. The van der Waals surface area contributed by atoms with E-state index in [2.05, 4.69) is 45.1 Å². The summed E-state index contributed by atoms with van der Waals surface area (Å²) in [7, 11) is -1.15. The molecule has 1 rings (SSSR count). The van der Waals surface area contributed by atoms with Crippen molar-refractivity contribution in [2.75, 3.05) is 12.3 Å². The number of amides is 1. The van der Waals surface area contributed by atoms with E-state index in [0.29, 0.717) is 12.3 Å². The minimum absolute atomic E-state index is 0.0880. The molecule has 0 heterocycles. The van der Waals surface area contributed by atoms with E-state index in [4.69, 9.17) is 0 Å². The van der Waals surface area contributed by atoms with Gasteiger partial charge >= 0.3 is 0 Å². The molecule has 1 amide bonds. The van der Waals surface area contributed by atoms with Gasteiger partial charge in [-0.05, 0) is 23.0 Å². The molecule has 1 aromatic rings. The van der Waals surface area contributed by atoms with E-state index >= 15 is 0 Å². The summed E-state index contributed by atoms with van der Waals surface area (Å²) >= 11 is 0. The van der Waals surface area contributed by atoms with E-state index < -0.39 is 10.8 Å².